The molecule has 12 heteroatoms. The summed E-state index contributed by atoms with van der Waals surface area (Å²) in [4.78, 5) is 32.2. The number of aromatic nitrogens is 2. The van der Waals surface area contributed by atoms with Crippen LogP contribution in [0.2, 0.25) is 0 Å². The molecule has 1 amide bonds. The van der Waals surface area contributed by atoms with E-state index in [2.05, 4.69) is 58.9 Å². The molecule has 4 heterocycles. The monoisotopic (exact) mass is 676 g/mol. The molecule has 12 nitrogen and oxygen atoms in total. The molecular weight excluding hydrogens is 624 g/mol. The van der Waals surface area contributed by atoms with Gasteiger partial charge < -0.3 is 33.5 Å². The van der Waals surface area contributed by atoms with Crippen molar-refractivity contribution in [1.29, 1.82) is 0 Å². The molecule has 266 valence electrons. The van der Waals surface area contributed by atoms with Crippen LogP contribution in [0.4, 0.5) is 16.3 Å². The van der Waals surface area contributed by atoms with E-state index in [0.717, 1.165) is 91.5 Å². The van der Waals surface area contributed by atoms with Crippen LogP contribution < -0.4 is 19.3 Å². The van der Waals surface area contributed by atoms with Crippen molar-refractivity contribution in [2.24, 2.45) is 0 Å². The summed E-state index contributed by atoms with van der Waals surface area (Å²) in [5, 5.41) is 2.26. The Balaban J connectivity index is 1.27. The number of methoxy groups -OCH3 is 1. The third-order valence-electron chi connectivity index (χ3n) is 9.30. The first-order valence-electron chi connectivity index (χ1n) is 17.6. The first-order valence-corrected chi connectivity index (χ1v) is 17.6. The van der Waals surface area contributed by atoms with Gasteiger partial charge >= 0.3 is 12.1 Å². The van der Waals surface area contributed by atoms with Crippen LogP contribution in [0.3, 0.4) is 0 Å². The first-order chi connectivity index (χ1) is 23.6. The zero-order chi connectivity index (χ0) is 34.5. The summed E-state index contributed by atoms with van der Waals surface area (Å²) < 4.78 is 28.7. The molecule has 0 radical (unpaired) electrons. The van der Waals surface area contributed by atoms with Gasteiger partial charge in [-0.2, -0.15) is 9.97 Å². The van der Waals surface area contributed by atoms with Gasteiger partial charge in [0.2, 0.25) is 0 Å². The summed E-state index contributed by atoms with van der Waals surface area (Å²) in [6, 6.07) is 12.8. The average Bonchev–Trinajstić information content (AvgIpc) is 3.07. The Labute approximate surface area is 290 Å². The number of morpholine rings is 1. The second kappa shape index (κ2) is 15.3. The second-order valence-corrected chi connectivity index (χ2v) is 14.3. The van der Waals surface area contributed by atoms with Gasteiger partial charge in [-0.3, -0.25) is 9.80 Å². The Bertz CT molecular complexity index is 1580. The van der Waals surface area contributed by atoms with Crippen molar-refractivity contribution < 1.29 is 28.5 Å². The van der Waals surface area contributed by atoms with Gasteiger partial charge in [-0.1, -0.05) is 24.3 Å². The van der Waals surface area contributed by atoms with E-state index in [1.165, 1.54) is 0 Å². The highest BCUT2D eigenvalue weighted by Gasteiger charge is 2.38. The van der Waals surface area contributed by atoms with Gasteiger partial charge in [0.15, 0.2) is 6.79 Å². The highest BCUT2D eigenvalue weighted by Crippen LogP contribution is 2.37. The smallest absolute Gasteiger partial charge is 0.410 e. The normalized spacial score (nSPS) is 20.3. The van der Waals surface area contributed by atoms with Gasteiger partial charge in [0, 0.05) is 69.1 Å². The highest BCUT2D eigenvalue weighted by atomic mass is 16.7. The van der Waals surface area contributed by atoms with Crippen LogP contribution in [-0.4, -0.2) is 117 Å². The lowest BCUT2D eigenvalue weighted by Crippen LogP contribution is -2.60. The second-order valence-electron chi connectivity index (χ2n) is 14.3. The number of anilines is 2. The molecule has 0 N–H and O–H groups in total. The number of hydrogen-bond acceptors (Lipinski definition) is 11. The summed E-state index contributed by atoms with van der Waals surface area (Å²) in [5.41, 5.74) is 2.64. The lowest BCUT2D eigenvalue weighted by Gasteiger charge is -2.45. The standard InChI is InChI=1S/C37H52N6O6/c1-26-22-42(23-27(2)43(26)36(44)49-37(3,4)5)34-31-12-14-41(33-21-29(48-25-45-6)20-28-10-7-8-11-30(28)33)24-32(31)38-35(39-34)47-17-9-13-40-15-18-46-19-16-40/h7-8,10-11,20-21,26-27H,9,12-19,22-25H2,1-6H3. The van der Waals surface area contributed by atoms with Crippen LogP contribution in [0.25, 0.3) is 10.8 Å². The number of carbonyl (C=O) groups is 1. The zero-order valence-electron chi connectivity index (χ0n) is 29.9. The van der Waals surface area contributed by atoms with E-state index in [1.54, 1.807) is 7.11 Å². The van der Waals surface area contributed by atoms with E-state index >= 15 is 0 Å². The van der Waals surface area contributed by atoms with Crippen LogP contribution in [0.5, 0.6) is 11.8 Å². The van der Waals surface area contributed by atoms with Gasteiger partial charge in [0.05, 0.1) is 44.1 Å². The Morgan fingerprint density at radius 2 is 1.73 bits per heavy atom. The predicted octanol–water partition coefficient (Wildman–Crippen LogP) is 5.11. The van der Waals surface area contributed by atoms with E-state index in [9.17, 15) is 4.79 Å². The molecule has 0 spiro atoms. The van der Waals surface area contributed by atoms with Gasteiger partial charge in [-0.25, -0.2) is 4.79 Å². The summed E-state index contributed by atoms with van der Waals surface area (Å²) >= 11 is 0. The maximum absolute atomic E-state index is 13.2. The molecule has 49 heavy (non-hydrogen) atoms. The van der Waals surface area contributed by atoms with Gasteiger partial charge in [-0.15, -0.1) is 0 Å². The van der Waals surface area contributed by atoms with Crippen molar-refractivity contribution in [2.45, 2.75) is 71.7 Å². The van der Waals surface area contributed by atoms with E-state index in [1.807, 2.05) is 31.7 Å². The molecule has 0 aliphatic carbocycles. The van der Waals surface area contributed by atoms with Crippen molar-refractivity contribution in [3.63, 3.8) is 0 Å². The van der Waals surface area contributed by atoms with E-state index in [0.29, 0.717) is 32.3 Å². The molecule has 3 aliphatic heterocycles. The fourth-order valence-electron chi connectivity index (χ4n) is 7.10. The minimum absolute atomic E-state index is 0.0663. The first kappa shape index (κ1) is 35.0. The van der Waals surface area contributed by atoms with Crippen LogP contribution >= 0.6 is 0 Å². The number of benzene rings is 2. The van der Waals surface area contributed by atoms with Crippen molar-refractivity contribution in [3.05, 3.63) is 47.7 Å². The molecule has 2 unspecified atom stereocenters. The third kappa shape index (κ3) is 8.48. The lowest BCUT2D eigenvalue weighted by atomic mass is 10.0. The fraction of sp³-hybridized carbons (Fsp3) is 0.595. The summed E-state index contributed by atoms with van der Waals surface area (Å²) in [6.45, 7) is 17.7. The minimum atomic E-state index is -0.556. The molecule has 2 atom stereocenters. The summed E-state index contributed by atoms with van der Waals surface area (Å²) in [6.07, 6.45) is 1.37. The quantitative estimate of drug-likeness (QED) is 0.212. The molecular formula is C37H52N6O6. The van der Waals surface area contributed by atoms with Crippen molar-refractivity contribution >= 4 is 28.4 Å². The predicted molar refractivity (Wildman–Crippen MR) is 190 cm³/mol. The number of piperazine rings is 1. The van der Waals surface area contributed by atoms with E-state index in [-0.39, 0.29) is 25.0 Å². The van der Waals surface area contributed by atoms with Crippen LogP contribution in [0.1, 0.15) is 52.3 Å². The van der Waals surface area contributed by atoms with Gasteiger partial charge in [-0.05, 0) is 58.9 Å². The number of carbonyl (C=O) groups excluding carboxylic acids is 1. The Morgan fingerprint density at radius 3 is 2.47 bits per heavy atom. The molecule has 0 saturated carbocycles. The fourth-order valence-corrected chi connectivity index (χ4v) is 7.10. The van der Waals surface area contributed by atoms with Crippen LogP contribution in [-0.2, 0) is 27.2 Å². The number of fused-ring (bicyclic) bond motifs is 2. The van der Waals surface area contributed by atoms with Crippen LogP contribution in [0, 0.1) is 0 Å². The van der Waals surface area contributed by atoms with Gasteiger partial charge in [0.1, 0.15) is 17.2 Å². The molecule has 3 aliphatic rings. The number of ether oxygens (including phenoxy) is 5. The van der Waals surface area contributed by atoms with E-state index in [4.69, 9.17) is 33.7 Å². The molecule has 0 bridgehead atoms. The average molecular weight is 677 g/mol. The molecule has 2 saturated heterocycles. The maximum atomic E-state index is 13.2. The number of hydrogen-bond donors (Lipinski definition) is 0. The molecule has 6 rings (SSSR count). The topological polar surface area (TPSA) is 102 Å². The molecule has 1 aromatic heterocycles. The number of nitrogens with zero attached hydrogens (tertiary/aromatic N) is 6. The van der Waals surface area contributed by atoms with Crippen molar-refractivity contribution in [3.8, 4) is 11.8 Å². The summed E-state index contributed by atoms with van der Waals surface area (Å²) in [5.74, 6) is 1.66. The Hall–Kier alpha value is -3.87. The largest absolute Gasteiger partial charge is 0.467 e. The zero-order valence-corrected chi connectivity index (χ0v) is 29.9. The van der Waals surface area contributed by atoms with Gasteiger partial charge in [0.25, 0.3) is 0 Å². The maximum Gasteiger partial charge on any atom is 0.410 e. The van der Waals surface area contributed by atoms with Crippen molar-refractivity contribution in [2.75, 3.05) is 82.8 Å². The third-order valence-corrected chi connectivity index (χ3v) is 9.30. The Morgan fingerprint density at radius 1 is 0.980 bits per heavy atom. The minimum Gasteiger partial charge on any atom is -0.467 e. The SMILES string of the molecule is COCOc1cc(N2CCc3c(nc(OCCCN4CCOCC4)nc3N3CC(C)N(C(=O)OC(C)(C)C)C(C)C3)C2)c2ccccc2c1. The molecule has 3 aromatic rings. The number of amides is 1. The highest BCUT2D eigenvalue weighted by molar-refractivity contribution is 5.95. The lowest BCUT2D eigenvalue weighted by molar-refractivity contribution is 0.00556. The Kier molecular flexibility index (Phi) is 11.0. The molecule has 2 fully saturated rings. The molecule has 2 aromatic carbocycles. The summed E-state index contributed by atoms with van der Waals surface area (Å²) in [7, 11) is 1.63. The van der Waals surface area contributed by atoms with E-state index < -0.39 is 5.60 Å². The van der Waals surface area contributed by atoms with Crippen LogP contribution in [0.15, 0.2) is 36.4 Å². The van der Waals surface area contributed by atoms with Crippen molar-refractivity contribution in [1.82, 2.24) is 19.8 Å². The number of rotatable bonds is 10.